The highest BCUT2D eigenvalue weighted by Gasteiger charge is 2.30. The molecule has 3 N–H and O–H groups in total. The third-order valence-corrected chi connectivity index (χ3v) is 4.37. The summed E-state index contributed by atoms with van der Waals surface area (Å²) in [6.07, 6.45) is 1.93. The fourth-order valence-electron chi connectivity index (χ4n) is 3.12. The van der Waals surface area contributed by atoms with Gasteiger partial charge in [-0.2, -0.15) is 0 Å². The van der Waals surface area contributed by atoms with E-state index in [-0.39, 0.29) is 24.5 Å². The molecule has 2 aliphatic heterocycles. The van der Waals surface area contributed by atoms with Crippen LogP contribution in [0.25, 0.3) is 0 Å². The minimum atomic E-state index is -0.205. The van der Waals surface area contributed by atoms with Gasteiger partial charge in [0.25, 0.3) is 11.8 Å². The first-order chi connectivity index (χ1) is 10.6. The van der Waals surface area contributed by atoms with Gasteiger partial charge in [-0.15, -0.1) is 0 Å². The van der Waals surface area contributed by atoms with Gasteiger partial charge in [0.15, 0.2) is 6.61 Å². The fraction of sp³-hybridized carbons (Fsp3) is 0.500. The third-order valence-electron chi connectivity index (χ3n) is 4.37. The average molecular weight is 303 g/mol. The second-order valence-corrected chi connectivity index (χ2v) is 6.07. The summed E-state index contributed by atoms with van der Waals surface area (Å²) in [6, 6.07) is 5.23. The maximum absolute atomic E-state index is 12.8. The van der Waals surface area contributed by atoms with E-state index < -0.39 is 0 Å². The molecule has 0 bridgehead atoms. The molecule has 1 aromatic rings. The van der Waals surface area contributed by atoms with E-state index in [1.165, 1.54) is 0 Å². The Morgan fingerprint density at radius 1 is 1.50 bits per heavy atom. The van der Waals surface area contributed by atoms with E-state index >= 15 is 0 Å². The lowest BCUT2D eigenvalue weighted by Crippen LogP contribution is -2.49. The SMILES string of the molecule is CC1CCN(C(=O)c2ccc3c(c2)NC(=O)CO3)C(CN)C1. The highest BCUT2D eigenvalue weighted by Crippen LogP contribution is 2.30. The number of amides is 2. The summed E-state index contributed by atoms with van der Waals surface area (Å²) < 4.78 is 5.32. The standard InChI is InChI=1S/C16H21N3O3/c1-10-4-5-19(12(6-10)8-17)16(21)11-2-3-14-13(7-11)18-15(20)9-22-14/h2-3,7,10,12H,4-6,8-9,17H2,1H3,(H,18,20). The number of nitrogens with one attached hydrogen (secondary N) is 1. The summed E-state index contributed by atoms with van der Waals surface area (Å²) in [4.78, 5) is 26.0. The summed E-state index contributed by atoms with van der Waals surface area (Å²) >= 11 is 0. The summed E-state index contributed by atoms with van der Waals surface area (Å²) in [5.41, 5.74) is 6.94. The van der Waals surface area contributed by atoms with Crippen LogP contribution in [-0.2, 0) is 4.79 Å². The molecule has 118 valence electrons. The number of nitrogens with two attached hydrogens (primary N) is 1. The van der Waals surface area contributed by atoms with Crippen LogP contribution in [0, 0.1) is 5.92 Å². The van der Waals surface area contributed by atoms with Gasteiger partial charge in [0, 0.05) is 24.7 Å². The number of hydrogen-bond donors (Lipinski definition) is 2. The maximum Gasteiger partial charge on any atom is 0.262 e. The van der Waals surface area contributed by atoms with Gasteiger partial charge in [0.05, 0.1) is 5.69 Å². The summed E-state index contributed by atoms with van der Waals surface area (Å²) in [7, 11) is 0. The number of carbonyl (C=O) groups is 2. The Balaban J connectivity index is 1.83. The van der Waals surface area contributed by atoms with Crippen molar-refractivity contribution in [3.63, 3.8) is 0 Å². The van der Waals surface area contributed by atoms with Crippen LogP contribution in [0.1, 0.15) is 30.1 Å². The summed E-state index contributed by atoms with van der Waals surface area (Å²) in [5, 5.41) is 2.73. The van der Waals surface area contributed by atoms with Crippen LogP contribution in [0.4, 0.5) is 5.69 Å². The van der Waals surface area contributed by atoms with E-state index in [1.807, 2.05) is 4.90 Å². The molecule has 2 aliphatic rings. The molecule has 0 radical (unpaired) electrons. The number of fused-ring (bicyclic) bond motifs is 1. The topological polar surface area (TPSA) is 84.7 Å². The Morgan fingerprint density at radius 3 is 3.09 bits per heavy atom. The number of ether oxygens (including phenoxy) is 1. The van der Waals surface area contributed by atoms with E-state index in [1.54, 1.807) is 18.2 Å². The van der Waals surface area contributed by atoms with E-state index in [0.29, 0.717) is 29.5 Å². The number of benzene rings is 1. The summed E-state index contributed by atoms with van der Waals surface area (Å²) in [6.45, 7) is 3.40. The molecule has 2 heterocycles. The quantitative estimate of drug-likeness (QED) is 0.860. The Hall–Kier alpha value is -2.08. The molecule has 0 aliphatic carbocycles. The second kappa shape index (κ2) is 5.96. The highest BCUT2D eigenvalue weighted by molar-refractivity contribution is 6.00. The maximum atomic E-state index is 12.8. The Kier molecular flexibility index (Phi) is 4.02. The van der Waals surface area contributed by atoms with Crippen molar-refractivity contribution < 1.29 is 14.3 Å². The minimum Gasteiger partial charge on any atom is -0.482 e. The van der Waals surface area contributed by atoms with Crippen LogP contribution < -0.4 is 15.8 Å². The van der Waals surface area contributed by atoms with Crippen molar-refractivity contribution in [3.05, 3.63) is 23.8 Å². The number of carbonyl (C=O) groups excluding carboxylic acids is 2. The van der Waals surface area contributed by atoms with E-state index in [4.69, 9.17) is 10.5 Å². The largest absolute Gasteiger partial charge is 0.482 e. The van der Waals surface area contributed by atoms with E-state index in [0.717, 1.165) is 19.4 Å². The van der Waals surface area contributed by atoms with Crippen LogP contribution in [0.15, 0.2) is 18.2 Å². The van der Waals surface area contributed by atoms with Crippen molar-refractivity contribution in [2.45, 2.75) is 25.8 Å². The molecule has 6 nitrogen and oxygen atoms in total. The number of anilines is 1. The van der Waals surface area contributed by atoms with Crippen molar-refractivity contribution in [1.29, 1.82) is 0 Å². The number of piperidine rings is 1. The van der Waals surface area contributed by atoms with Crippen LogP contribution in [0.2, 0.25) is 0 Å². The van der Waals surface area contributed by atoms with Crippen LogP contribution in [0.5, 0.6) is 5.75 Å². The predicted octanol–water partition coefficient (Wildman–Crippen LogP) is 1.22. The summed E-state index contributed by atoms with van der Waals surface area (Å²) in [5.74, 6) is 0.946. The molecule has 22 heavy (non-hydrogen) atoms. The lowest BCUT2D eigenvalue weighted by Gasteiger charge is -2.38. The van der Waals surface area contributed by atoms with E-state index in [9.17, 15) is 9.59 Å². The van der Waals surface area contributed by atoms with Crippen molar-refractivity contribution in [3.8, 4) is 5.75 Å². The average Bonchev–Trinajstić information content (AvgIpc) is 2.53. The molecular weight excluding hydrogens is 282 g/mol. The lowest BCUT2D eigenvalue weighted by molar-refractivity contribution is -0.118. The number of hydrogen-bond acceptors (Lipinski definition) is 4. The van der Waals surface area contributed by atoms with Crippen molar-refractivity contribution in [2.24, 2.45) is 11.7 Å². The van der Waals surface area contributed by atoms with Gasteiger partial charge < -0.3 is 20.7 Å². The van der Waals surface area contributed by atoms with Crippen LogP contribution in [-0.4, -0.2) is 42.5 Å². The molecule has 2 amide bonds. The molecule has 0 aromatic heterocycles. The van der Waals surface area contributed by atoms with Crippen LogP contribution >= 0.6 is 0 Å². The zero-order valence-electron chi connectivity index (χ0n) is 12.7. The van der Waals surface area contributed by atoms with Gasteiger partial charge in [-0.1, -0.05) is 6.92 Å². The number of rotatable bonds is 2. The number of nitrogens with zero attached hydrogens (tertiary/aromatic N) is 1. The molecule has 1 fully saturated rings. The van der Waals surface area contributed by atoms with Gasteiger partial charge in [0.1, 0.15) is 5.75 Å². The third kappa shape index (κ3) is 2.78. The fourth-order valence-corrected chi connectivity index (χ4v) is 3.12. The molecule has 1 aromatic carbocycles. The Labute approximate surface area is 129 Å². The molecule has 1 saturated heterocycles. The normalized spacial score (nSPS) is 24.3. The molecule has 6 heteroatoms. The monoisotopic (exact) mass is 303 g/mol. The first-order valence-corrected chi connectivity index (χ1v) is 7.66. The Bertz CT molecular complexity index is 602. The Morgan fingerprint density at radius 2 is 2.32 bits per heavy atom. The van der Waals surface area contributed by atoms with Gasteiger partial charge in [-0.25, -0.2) is 0 Å². The van der Waals surface area contributed by atoms with Gasteiger partial charge in [-0.3, -0.25) is 9.59 Å². The molecular formula is C16H21N3O3. The van der Waals surface area contributed by atoms with Crippen molar-refractivity contribution in [1.82, 2.24) is 4.90 Å². The van der Waals surface area contributed by atoms with E-state index in [2.05, 4.69) is 12.2 Å². The molecule has 2 unspecified atom stereocenters. The zero-order valence-corrected chi connectivity index (χ0v) is 12.7. The number of likely N-dealkylation sites (tertiary alicyclic amines) is 1. The first kappa shape index (κ1) is 14.8. The highest BCUT2D eigenvalue weighted by atomic mass is 16.5. The minimum absolute atomic E-state index is 0.0134. The molecule has 0 saturated carbocycles. The lowest BCUT2D eigenvalue weighted by atomic mass is 9.92. The molecule has 0 spiro atoms. The van der Waals surface area contributed by atoms with Crippen molar-refractivity contribution in [2.75, 3.05) is 25.0 Å². The van der Waals surface area contributed by atoms with Gasteiger partial charge in [0.2, 0.25) is 0 Å². The first-order valence-electron chi connectivity index (χ1n) is 7.66. The predicted molar refractivity (Wildman–Crippen MR) is 82.8 cm³/mol. The molecule has 2 atom stereocenters. The van der Waals surface area contributed by atoms with Gasteiger partial charge >= 0.3 is 0 Å². The second-order valence-electron chi connectivity index (χ2n) is 6.07. The van der Waals surface area contributed by atoms with Crippen LogP contribution in [0.3, 0.4) is 0 Å². The van der Waals surface area contributed by atoms with Gasteiger partial charge in [-0.05, 0) is 37.0 Å². The van der Waals surface area contributed by atoms with Crippen molar-refractivity contribution >= 4 is 17.5 Å². The zero-order chi connectivity index (χ0) is 15.7. The smallest absolute Gasteiger partial charge is 0.262 e. The molecule has 3 rings (SSSR count).